The second-order valence-electron chi connectivity index (χ2n) is 11.8. The molecule has 0 fully saturated rings. The van der Waals surface area contributed by atoms with Gasteiger partial charge in [0.2, 0.25) is 17.1 Å². The van der Waals surface area contributed by atoms with Crippen molar-refractivity contribution < 1.29 is 0 Å². The molecule has 7 aromatic rings. The molecule has 5 aromatic carbocycles. The molecule has 0 bridgehead atoms. The number of hydrogen-bond acceptors (Lipinski definition) is 2. The van der Waals surface area contributed by atoms with E-state index < -0.39 is 0 Å². The fraction of sp³-hybridized carbons (Fsp3) is 0.0244. The van der Waals surface area contributed by atoms with E-state index in [1.54, 1.807) is 0 Å². The Kier molecular flexibility index (Phi) is 5.02. The van der Waals surface area contributed by atoms with Crippen LogP contribution in [0, 0.1) is 0 Å². The number of hydrogen-bond donors (Lipinski definition) is 0. The number of anilines is 2. The van der Waals surface area contributed by atoms with Crippen LogP contribution in [0.5, 0.6) is 0 Å². The molecule has 1 aliphatic carbocycles. The van der Waals surface area contributed by atoms with E-state index in [1.165, 1.54) is 61.4 Å². The Hall–Kier alpha value is -6.00. The van der Waals surface area contributed by atoms with Crippen LogP contribution < -0.4 is 9.48 Å². The summed E-state index contributed by atoms with van der Waals surface area (Å²) in [5, 5.41) is 2.53. The Morgan fingerprint density at radius 2 is 1.47 bits per heavy atom. The van der Waals surface area contributed by atoms with Crippen molar-refractivity contribution in [3.8, 4) is 16.8 Å². The number of allylic oxidation sites excluding steroid dienone is 2. The first-order valence-corrected chi connectivity index (χ1v) is 15.4. The summed E-state index contributed by atoms with van der Waals surface area (Å²) in [6, 6.07) is 46.1. The molecule has 2 aromatic heterocycles. The van der Waals surface area contributed by atoms with E-state index in [-0.39, 0.29) is 6.04 Å². The summed E-state index contributed by atoms with van der Waals surface area (Å²) in [5.74, 6) is 0. The third-order valence-electron chi connectivity index (χ3n) is 9.51. The predicted molar refractivity (Wildman–Crippen MR) is 186 cm³/mol. The monoisotopic (exact) mass is 575 g/mol. The van der Waals surface area contributed by atoms with Gasteiger partial charge >= 0.3 is 0 Å². The molecule has 1 unspecified atom stereocenters. The maximum Gasteiger partial charge on any atom is 0.235 e. The van der Waals surface area contributed by atoms with Gasteiger partial charge in [-0.3, -0.25) is 4.98 Å². The van der Waals surface area contributed by atoms with Gasteiger partial charge in [0.25, 0.3) is 0 Å². The number of nitrogens with zero attached hydrogens (tertiary/aromatic N) is 4. The summed E-state index contributed by atoms with van der Waals surface area (Å²) in [5.41, 5.74) is 14.6. The van der Waals surface area contributed by atoms with Crippen molar-refractivity contribution in [2.45, 2.75) is 6.04 Å². The maximum absolute atomic E-state index is 4.33. The van der Waals surface area contributed by atoms with E-state index in [2.05, 4.69) is 159 Å². The van der Waals surface area contributed by atoms with E-state index in [1.807, 2.05) is 18.5 Å². The highest BCUT2D eigenvalue weighted by molar-refractivity contribution is 6.25. The number of rotatable bonds is 3. The van der Waals surface area contributed by atoms with Crippen LogP contribution in [0.4, 0.5) is 22.7 Å². The molecule has 2 aliphatic heterocycles. The van der Waals surface area contributed by atoms with Crippen molar-refractivity contribution in [2.24, 2.45) is 0 Å². The van der Waals surface area contributed by atoms with Crippen molar-refractivity contribution in [1.29, 1.82) is 0 Å². The van der Waals surface area contributed by atoms with Crippen LogP contribution in [-0.2, 0) is 0 Å². The molecule has 4 heteroatoms. The molecule has 210 valence electrons. The Balaban J connectivity index is 1.27. The number of benzene rings is 5. The number of aromatic nitrogens is 2. The quantitative estimate of drug-likeness (QED) is 0.196. The normalized spacial score (nSPS) is 16.1. The van der Waals surface area contributed by atoms with Crippen molar-refractivity contribution in [3.63, 3.8) is 0 Å². The largest absolute Gasteiger partial charge is 0.318 e. The van der Waals surface area contributed by atoms with Crippen molar-refractivity contribution >= 4 is 55.8 Å². The Bertz CT molecular complexity index is 2410. The summed E-state index contributed by atoms with van der Waals surface area (Å²) in [6.07, 6.45) is 10.6. The average Bonchev–Trinajstić information content (AvgIpc) is 3.63. The summed E-state index contributed by atoms with van der Waals surface area (Å²) in [7, 11) is 0. The molecule has 0 saturated carbocycles. The Morgan fingerprint density at radius 3 is 2.33 bits per heavy atom. The molecular weight excluding hydrogens is 548 g/mol. The zero-order valence-corrected chi connectivity index (χ0v) is 24.4. The van der Waals surface area contributed by atoms with Crippen molar-refractivity contribution in [2.75, 3.05) is 4.90 Å². The van der Waals surface area contributed by atoms with E-state index in [0.29, 0.717) is 0 Å². The maximum atomic E-state index is 4.33. The van der Waals surface area contributed by atoms with Crippen LogP contribution in [0.15, 0.2) is 158 Å². The highest BCUT2D eigenvalue weighted by Gasteiger charge is 2.49. The highest BCUT2D eigenvalue weighted by Crippen LogP contribution is 2.55. The second kappa shape index (κ2) is 9.25. The first-order valence-electron chi connectivity index (χ1n) is 15.4. The minimum absolute atomic E-state index is 0.0742. The molecule has 3 aliphatic rings. The van der Waals surface area contributed by atoms with Crippen molar-refractivity contribution in [3.05, 3.63) is 164 Å². The predicted octanol–water partition coefficient (Wildman–Crippen LogP) is 9.61. The molecule has 45 heavy (non-hydrogen) atoms. The van der Waals surface area contributed by atoms with E-state index in [0.717, 1.165) is 16.8 Å². The van der Waals surface area contributed by atoms with Gasteiger partial charge in [-0.1, -0.05) is 84.9 Å². The number of fused-ring (bicyclic) bond motifs is 9. The summed E-state index contributed by atoms with van der Waals surface area (Å²) >= 11 is 0. The standard InChI is InChI=1S/C41H27N4/c1-2-11-29(12-3-1)43-35-16-6-7-17-36(35)45-37-24-23-32-31-13-4-5-15-34(31)44(41(32)39(37)33-14-8-18-38(43)40(33)45)30-21-19-27(20-22-30)28-10-9-25-42-26-28/h1-26,40H/q+1. The minimum atomic E-state index is 0.0742. The molecular formula is C41H27N4+. The van der Waals surface area contributed by atoms with Crippen LogP contribution in [0.3, 0.4) is 0 Å². The molecule has 0 spiro atoms. The SMILES string of the molecule is C1=CC2=[N+](c3ccccc3)c3ccccc3N3c4ccc5c6ccccc6n(-c6ccc(-c7cccnc7)cc6)c5c4C(=C1)C23. The van der Waals surface area contributed by atoms with Gasteiger partial charge in [-0.15, -0.1) is 0 Å². The lowest BCUT2D eigenvalue weighted by atomic mass is 9.91. The first kappa shape index (κ1) is 24.4. The van der Waals surface area contributed by atoms with Crippen LogP contribution in [0.1, 0.15) is 5.56 Å². The van der Waals surface area contributed by atoms with Gasteiger partial charge in [-0.2, -0.15) is 4.58 Å². The average molecular weight is 576 g/mol. The second-order valence-corrected chi connectivity index (χ2v) is 11.8. The fourth-order valence-electron chi connectivity index (χ4n) is 7.69. The lowest BCUT2D eigenvalue weighted by Crippen LogP contribution is -2.43. The topological polar surface area (TPSA) is 24.1 Å². The van der Waals surface area contributed by atoms with E-state index >= 15 is 0 Å². The number of para-hydroxylation sites is 4. The number of pyridine rings is 1. The van der Waals surface area contributed by atoms with Crippen LogP contribution >= 0.6 is 0 Å². The van der Waals surface area contributed by atoms with Crippen LogP contribution in [0.2, 0.25) is 0 Å². The van der Waals surface area contributed by atoms with Gasteiger partial charge in [0.05, 0.1) is 16.7 Å². The summed E-state index contributed by atoms with van der Waals surface area (Å²) in [4.78, 5) is 6.89. The molecule has 10 rings (SSSR count). The van der Waals surface area contributed by atoms with Crippen molar-refractivity contribution in [1.82, 2.24) is 14.1 Å². The van der Waals surface area contributed by atoms with Gasteiger partial charge in [0.15, 0.2) is 0 Å². The Morgan fingerprint density at radius 1 is 0.644 bits per heavy atom. The van der Waals surface area contributed by atoms with Gasteiger partial charge in [0.1, 0.15) is 11.7 Å². The lowest BCUT2D eigenvalue weighted by Gasteiger charge is -2.32. The molecule has 0 radical (unpaired) electrons. The zero-order chi connectivity index (χ0) is 29.5. The third-order valence-corrected chi connectivity index (χ3v) is 9.51. The van der Waals surface area contributed by atoms with E-state index in [4.69, 9.17) is 0 Å². The molecule has 1 atom stereocenters. The first-order chi connectivity index (χ1) is 22.4. The molecule has 0 N–H and O–H groups in total. The van der Waals surface area contributed by atoms with Gasteiger partial charge in [-0.05, 0) is 53.1 Å². The molecule has 0 saturated heterocycles. The molecule has 4 heterocycles. The molecule has 0 amide bonds. The zero-order valence-electron chi connectivity index (χ0n) is 24.4. The minimum Gasteiger partial charge on any atom is -0.318 e. The summed E-state index contributed by atoms with van der Waals surface area (Å²) in [6.45, 7) is 0. The van der Waals surface area contributed by atoms with Gasteiger partial charge < -0.3 is 9.47 Å². The fourth-order valence-corrected chi connectivity index (χ4v) is 7.69. The third kappa shape index (κ3) is 3.36. The molecule has 4 nitrogen and oxygen atoms in total. The van der Waals surface area contributed by atoms with Gasteiger partial charge in [-0.25, -0.2) is 0 Å². The lowest BCUT2D eigenvalue weighted by molar-refractivity contribution is 0.931. The smallest absolute Gasteiger partial charge is 0.235 e. The van der Waals surface area contributed by atoms with Crippen LogP contribution in [0.25, 0.3) is 44.2 Å². The summed E-state index contributed by atoms with van der Waals surface area (Å²) < 4.78 is 4.91. The van der Waals surface area contributed by atoms with Crippen LogP contribution in [-0.4, -0.2) is 21.3 Å². The Labute approximate surface area is 260 Å². The highest BCUT2D eigenvalue weighted by atomic mass is 15.3. The van der Waals surface area contributed by atoms with Gasteiger partial charge in [0, 0.05) is 58.7 Å². The van der Waals surface area contributed by atoms with E-state index in [9.17, 15) is 0 Å².